The zero-order valence-corrected chi connectivity index (χ0v) is 10.1. The highest BCUT2D eigenvalue weighted by Crippen LogP contribution is 2.26. The Labute approximate surface area is 105 Å². The van der Waals surface area contributed by atoms with E-state index < -0.39 is 11.9 Å². The first kappa shape index (κ1) is 12.4. The molecule has 0 saturated heterocycles. The normalized spacial score (nSPS) is 19.3. The third-order valence-electron chi connectivity index (χ3n) is 3.21. The second-order valence-corrected chi connectivity index (χ2v) is 4.65. The number of phenolic OH excluding ortho intramolecular Hbond substituents is 1. The number of aliphatic carboxylic acids is 1. The van der Waals surface area contributed by atoms with Gasteiger partial charge in [0.2, 0.25) is 5.91 Å². The van der Waals surface area contributed by atoms with Crippen molar-refractivity contribution in [2.45, 2.75) is 19.4 Å². The number of amides is 1. The second kappa shape index (κ2) is 4.68. The summed E-state index contributed by atoms with van der Waals surface area (Å²) < 4.78 is 0. The van der Waals surface area contributed by atoms with E-state index in [1.165, 1.54) is 4.90 Å². The van der Waals surface area contributed by atoms with Crippen LogP contribution in [0.25, 0.3) is 0 Å². The number of fused-ring (bicyclic) bond motifs is 1. The Morgan fingerprint density at radius 3 is 2.83 bits per heavy atom. The van der Waals surface area contributed by atoms with Crippen LogP contribution in [0.5, 0.6) is 5.75 Å². The van der Waals surface area contributed by atoms with Crippen molar-refractivity contribution in [1.82, 2.24) is 4.90 Å². The van der Waals surface area contributed by atoms with E-state index in [-0.39, 0.29) is 18.1 Å². The molecule has 2 N–H and O–H groups in total. The van der Waals surface area contributed by atoms with Gasteiger partial charge < -0.3 is 15.1 Å². The van der Waals surface area contributed by atoms with E-state index in [0.717, 1.165) is 11.1 Å². The fraction of sp³-hybridized carbons (Fsp3) is 0.385. The Balaban J connectivity index is 2.34. The van der Waals surface area contributed by atoms with Crippen molar-refractivity contribution in [3.63, 3.8) is 0 Å². The van der Waals surface area contributed by atoms with Crippen molar-refractivity contribution in [3.05, 3.63) is 29.3 Å². The van der Waals surface area contributed by atoms with Crippen molar-refractivity contribution in [1.29, 1.82) is 0 Å². The number of carbonyl (C=O) groups is 2. The molecule has 0 radical (unpaired) electrons. The van der Waals surface area contributed by atoms with Crippen molar-refractivity contribution >= 4 is 11.9 Å². The Hall–Kier alpha value is -2.04. The molecule has 2 rings (SSSR count). The minimum atomic E-state index is -0.969. The van der Waals surface area contributed by atoms with Gasteiger partial charge in [0.05, 0.1) is 12.3 Å². The van der Waals surface area contributed by atoms with Crippen molar-refractivity contribution in [2.24, 2.45) is 5.92 Å². The van der Waals surface area contributed by atoms with Crippen LogP contribution in [0.3, 0.4) is 0 Å². The summed E-state index contributed by atoms with van der Waals surface area (Å²) in [5.41, 5.74) is 1.80. The molecule has 1 aromatic rings. The molecule has 5 nitrogen and oxygen atoms in total. The molecule has 0 fully saturated rings. The number of aromatic hydroxyl groups is 1. The monoisotopic (exact) mass is 249 g/mol. The van der Waals surface area contributed by atoms with E-state index >= 15 is 0 Å². The lowest BCUT2D eigenvalue weighted by Gasteiger charge is -2.18. The van der Waals surface area contributed by atoms with Crippen LogP contribution >= 0.6 is 0 Å². The lowest BCUT2D eigenvalue weighted by atomic mass is 9.94. The summed E-state index contributed by atoms with van der Waals surface area (Å²) in [7, 11) is 1.65. The van der Waals surface area contributed by atoms with Crippen LogP contribution in [0.15, 0.2) is 18.2 Å². The van der Waals surface area contributed by atoms with E-state index in [1.54, 1.807) is 25.2 Å². The molecule has 0 aliphatic carbocycles. The minimum absolute atomic E-state index is 0.159. The van der Waals surface area contributed by atoms with Crippen LogP contribution in [0, 0.1) is 5.92 Å². The highest BCUT2D eigenvalue weighted by atomic mass is 16.4. The molecule has 1 unspecified atom stereocenters. The molecular formula is C13H15NO4. The van der Waals surface area contributed by atoms with Gasteiger partial charge in [-0.15, -0.1) is 0 Å². The maximum atomic E-state index is 12.0. The third-order valence-corrected chi connectivity index (χ3v) is 3.21. The first-order chi connectivity index (χ1) is 8.47. The fourth-order valence-electron chi connectivity index (χ4n) is 2.33. The van der Waals surface area contributed by atoms with Crippen LogP contribution < -0.4 is 0 Å². The summed E-state index contributed by atoms with van der Waals surface area (Å²) in [6, 6.07) is 4.95. The summed E-state index contributed by atoms with van der Waals surface area (Å²) in [5, 5.41) is 18.3. The van der Waals surface area contributed by atoms with Crippen LogP contribution in [0.1, 0.15) is 17.5 Å². The highest BCUT2D eigenvalue weighted by Gasteiger charge is 2.29. The minimum Gasteiger partial charge on any atom is -0.508 e. The summed E-state index contributed by atoms with van der Waals surface area (Å²) in [6.45, 7) is 0.401. The van der Waals surface area contributed by atoms with Gasteiger partial charge in [-0.3, -0.25) is 9.59 Å². The predicted octanol–water partition coefficient (Wildman–Crippen LogP) is 0.998. The maximum absolute atomic E-state index is 12.0. The Bertz CT molecular complexity index is 498. The average Bonchev–Trinajstić information content (AvgIpc) is 2.39. The zero-order valence-electron chi connectivity index (χ0n) is 10.1. The lowest BCUT2D eigenvalue weighted by molar-refractivity contribution is -0.143. The van der Waals surface area contributed by atoms with E-state index in [9.17, 15) is 14.7 Å². The van der Waals surface area contributed by atoms with E-state index in [1.807, 2.05) is 0 Å². The zero-order chi connectivity index (χ0) is 13.3. The molecule has 1 atom stereocenters. The molecular weight excluding hydrogens is 234 g/mol. The Morgan fingerprint density at radius 2 is 2.17 bits per heavy atom. The van der Waals surface area contributed by atoms with Crippen molar-refractivity contribution in [2.75, 3.05) is 7.05 Å². The van der Waals surface area contributed by atoms with Gasteiger partial charge in [0.1, 0.15) is 5.75 Å². The van der Waals surface area contributed by atoms with Gasteiger partial charge in [0.25, 0.3) is 0 Å². The molecule has 18 heavy (non-hydrogen) atoms. The molecule has 0 bridgehead atoms. The Kier molecular flexibility index (Phi) is 3.23. The highest BCUT2D eigenvalue weighted by molar-refractivity contribution is 5.84. The number of hydrogen-bond acceptors (Lipinski definition) is 3. The fourth-order valence-corrected chi connectivity index (χ4v) is 2.33. The maximum Gasteiger partial charge on any atom is 0.304 e. The number of benzene rings is 1. The molecule has 96 valence electrons. The van der Waals surface area contributed by atoms with Crippen LogP contribution in [0.2, 0.25) is 0 Å². The van der Waals surface area contributed by atoms with Crippen LogP contribution in [-0.2, 0) is 22.6 Å². The molecule has 1 amide bonds. The molecule has 1 aliphatic heterocycles. The number of nitrogens with zero attached hydrogens (tertiary/aromatic N) is 1. The number of hydrogen-bond donors (Lipinski definition) is 2. The molecule has 0 spiro atoms. The second-order valence-electron chi connectivity index (χ2n) is 4.65. The van der Waals surface area contributed by atoms with E-state index in [2.05, 4.69) is 0 Å². The van der Waals surface area contributed by atoms with Crippen molar-refractivity contribution in [3.8, 4) is 5.75 Å². The van der Waals surface area contributed by atoms with Gasteiger partial charge in [-0.05, 0) is 29.7 Å². The van der Waals surface area contributed by atoms with Crippen molar-refractivity contribution < 1.29 is 19.8 Å². The molecule has 1 heterocycles. The van der Waals surface area contributed by atoms with Crippen LogP contribution in [0.4, 0.5) is 0 Å². The summed E-state index contributed by atoms with van der Waals surface area (Å²) in [6.07, 6.45) is 0.245. The molecule has 0 saturated carbocycles. The number of phenols is 1. The van der Waals surface area contributed by atoms with E-state index in [0.29, 0.717) is 13.0 Å². The quantitative estimate of drug-likeness (QED) is 0.819. The summed E-state index contributed by atoms with van der Waals surface area (Å²) >= 11 is 0. The number of rotatable bonds is 2. The average molecular weight is 249 g/mol. The van der Waals surface area contributed by atoms with Gasteiger partial charge in [0, 0.05) is 13.6 Å². The van der Waals surface area contributed by atoms with Crippen LogP contribution in [-0.4, -0.2) is 34.0 Å². The number of carboxylic acids is 1. The topological polar surface area (TPSA) is 77.8 Å². The standard InChI is InChI=1S/C13H15NO4/c1-14-7-10-5-11(15)3-2-8(10)4-9(13(14)18)6-12(16)17/h2-3,5,9,15H,4,6-7H2,1H3,(H,16,17). The molecule has 1 aromatic carbocycles. The molecule has 5 heteroatoms. The summed E-state index contributed by atoms with van der Waals surface area (Å²) in [5.74, 6) is -1.50. The van der Waals surface area contributed by atoms with Gasteiger partial charge >= 0.3 is 5.97 Å². The van der Waals surface area contributed by atoms with E-state index in [4.69, 9.17) is 5.11 Å². The molecule has 0 aromatic heterocycles. The SMILES string of the molecule is CN1Cc2cc(O)ccc2CC(CC(=O)O)C1=O. The third kappa shape index (κ3) is 2.45. The summed E-state index contributed by atoms with van der Waals surface area (Å²) in [4.78, 5) is 24.3. The first-order valence-electron chi connectivity index (χ1n) is 5.75. The van der Waals surface area contributed by atoms with Gasteiger partial charge in [-0.2, -0.15) is 0 Å². The molecule has 1 aliphatic rings. The van der Waals surface area contributed by atoms with Gasteiger partial charge in [-0.1, -0.05) is 6.07 Å². The first-order valence-corrected chi connectivity index (χ1v) is 5.75. The number of carboxylic acid groups (broad SMARTS) is 1. The smallest absolute Gasteiger partial charge is 0.304 e. The van der Waals surface area contributed by atoms with Gasteiger partial charge in [-0.25, -0.2) is 0 Å². The van der Waals surface area contributed by atoms with Gasteiger partial charge in [0.15, 0.2) is 0 Å². The Morgan fingerprint density at radius 1 is 1.44 bits per heavy atom. The number of carbonyl (C=O) groups excluding carboxylic acids is 1. The largest absolute Gasteiger partial charge is 0.508 e. The predicted molar refractivity (Wildman–Crippen MR) is 64.0 cm³/mol. The lowest BCUT2D eigenvalue weighted by Crippen LogP contribution is -2.32.